The van der Waals surface area contributed by atoms with Crippen LogP contribution in [0.2, 0.25) is 0 Å². The lowest BCUT2D eigenvalue weighted by Crippen LogP contribution is -2.39. The number of hydrogen-bond acceptors (Lipinski definition) is 0. The first-order valence-electron chi connectivity index (χ1n) is 7.39. The Labute approximate surface area is 127 Å². The van der Waals surface area contributed by atoms with Gasteiger partial charge < -0.3 is 0 Å². The van der Waals surface area contributed by atoms with Gasteiger partial charge in [-0.3, -0.25) is 0 Å². The molecule has 0 aliphatic heterocycles. The molecular weight excluding hydrogens is 263 g/mol. The summed E-state index contributed by atoms with van der Waals surface area (Å²) in [4.78, 5) is 0. The number of hydrogen-bond donors (Lipinski definition) is 0. The molecule has 0 spiro atoms. The van der Waals surface area contributed by atoms with Crippen molar-refractivity contribution in [1.29, 1.82) is 0 Å². The molecule has 0 N–H and O–H groups in total. The van der Waals surface area contributed by atoms with Crippen LogP contribution in [0.15, 0.2) is 30.6 Å². The predicted octanol–water partition coefficient (Wildman–Crippen LogP) is 4.04. The largest absolute Gasteiger partial charge is 0.266 e. The zero-order valence-corrected chi connectivity index (χ0v) is 14.2. The molecule has 2 nitrogen and oxygen atoms in total. The van der Waals surface area contributed by atoms with Crippen molar-refractivity contribution in [1.82, 2.24) is 4.57 Å². The van der Waals surface area contributed by atoms with Crippen LogP contribution < -0.4 is 4.57 Å². The summed E-state index contributed by atoms with van der Waals surface area (Å²) < 4.78 is 18.0. The Morgan fingerprint density at radius 3 is 2.14 bits per heavy atom. The summed E-state index contributed by atoms with van der Waals surface area (Å²) in [6.07, 6.45) is 4.11. The molecule has 1 aromatic carbocycles. The number of rotatable bonds is 1. The van der Waals surface area contributed by atoms with E-state index >= 15 is 0 Å². The SMILES string of the molecule is C[n+]1ccn(-c2ccc(F)cc2C(C)(C)C)c1C(C)(C)C. The van der Waals surface area contributed by atoms with Crippen LogP contribution in [0.3, 0.4) is 0 Å². The molecule has 2 aromatic rings. The number of aromatic nitrogens is 2. The third-order valence-electron chi connectivity index (χ3n) is 3.70. The Morgan fingerprint density at radius 1 is 1.00 bits per heavy atom. The zero-order chi connectivity index (χ0) is 16.0. The minimum Gasteiger partial charge on any atom is -0.236 e. The molecule has 0 aliphatic rings. The number of benzene rings is 1. The Balaban J connectivity index is 2.75. The van der Waals surface area contributed by atoms with Gasteiger partial charge in [0.2, 0.25) is 0 Å². The van der Waals surface area contributed by atoms with Crippen LogP contribution >= 0.6 is 0 Å². The van der Waals surface area contributed by atoms with Gasteiger partial charge in [-0.15, -0.1) is 0 Å². The van der Waals surface area contributed by atoms with E-state index in [1.165, 1.54) is 11.9 Å². The lowest BCUT2D eigenvalue weighted by molar-refractivity contribution is -0.681. The maximum absolute atomic E-state index is 13.7. The van der Waals surface area contributed by atoms with Gasteiger partial charge in [-0.25, -0.2) is 8.96 Å². The summed E-state index contributed by atoms with van der Waals surface area (Å²) in [6, 6.07) is 5.07. The summed E-state index contributed by atoms with van der Waals surface area (Å²) >= 11 is 0. The average molecular weight is 289 g/mol. The minimum atomic E-state index is -0.183. The van der Waals surface area contributed by atoms with Crippen LogP contribution in [-0.4, -0.2) is 4.57 Å². The van der Waals surface area contributed by atoms with E-state index in [4.69, 9.17) is 0 Å². The summed E-state index contributed by atoms with van der Waals surface area (Å²) in [5, 5.41) is 0. The average Bonchev–Trinajstić information content (AvgIpc) is 2.69. The molecule has 0 atom stereocenters. The van der Waals surface area contributed by atoms with Gasteiger partial charge in [-0.1, -0.05) is 20.8 Å². The fourth-order valence-electron chi connectivity index (χ4n) is 2.88. The number of nitrogens with zero attached hydrogens (tertiary/aromatic N) is 2. The fraction of sp³-hybridized carbons (Fsp3) is 0.500. The Kier molecular flexibility index (Phi) is 3.73. The van der Waals surface area contributed by atoms with E-state index in [-0.39, 0.29) is 16.6 Å². The van der Waals surface area contributed by atoms with Crippen LogP contribution in [-0.2, 0) is 17.9 Å². The first-order chi connectivity index (χ1) is 9.51. The van der Waals surface area contributed by atoms with Crippen molar-refractivity contribution in [2.24, 2.45) is 7.05 Å². The topological polar surface area (TPSA) is 8.81 Å². The van der Waals surface area contributed by atoms with Crippen LogP contribution in [0.25, 0.3) is 5.69 Å². The van der Waals surface area contributed by atoms with E-state index in [0.29, 0.717) is 0 Å². The summed E-state index contributed by atoms with van der Waals surface area (Å²) in [6.45, 7) is 12.9. The molecule has 0 unspecified atom stereocenters. The second-order valence-electron chi connectivity index (χ2n) is 7.76. The Hall–Kier alpha value is -1.64. The first kappa shape index (κ1) is 15.7. The molecule has 0 radical (unpaired) electrons. The van der Waals surface area contributed by atoms with E-state index in [1.54, 1.807) is 6.07 Å². The number of halogens is 1. The highest BCUT2D eigenvalue weighted by molar-refractivity contribution is 5.46. The van der Waals surface area contributed by atoms with Crippen LogP contribution in [0.4, 0.5) is 4.39 Å². The second kappa shape index (κ2) is 4.97. The summed E-state index contributed by atoms with van der Waals surface area (Å²) in [7, 11) is 2.05. The quantitative estimate of drug-likeness (QED) is 0.701. The van der Waals surface area contributed by atoms with Gasteiger partial charge in [0.25, 0.3) is 5.82 Å². The van der Waals surface area contributed by atoms with Gasteiger partial charge in [-0.05, 0) is 44.4 Å². The van der Waals surface area contributed by atoms with E-state index in [1.807, 2.05) is 6.07 Å². The summed E-state index contributed by atoms with van der Waals surface area (Å²) in [5.74, 6) is 1.01. The maximum atomic E-state index is 13.7. The van der Waals surface area contributed by atoms with Gasteiger partial charge in [0.1, 0.15) is 23.9 Å². The molecule has 1 aromatic heterocycles. The number of aryl methyl sites for hydroxylation is 1. The number of imidazole rings is 1. The highest BCUT2D eigenvalue weighted by Crippen LogP contribution is 2.31. The van der Waals surface area contributed by atoms with Crippen molar-refractivity contribution < 1.29 is 8.96 Å². The van der Waals surface area contributed by atoms with Gasteiger partial charge in [0.15, 0.2) is 0 Å². The van der Waals surface area contributed by atoms with Crippen molar-refractivity contribution in [3.8, 4) is 5.69 Å². The van der Waals surface area contributed by atoms with Crippen molar-refractivity contribution >= 4 is 0 Å². The van der Waals surface area contributed by atoms with Crippen LogP contribution in [0, 0.1) is 5.82 Å². The van der Waals surface area contributed by atoms with Crippen molar-refractivity contribution in [3.05, 3.63) is 47.8 Å². The standard InChI is InChI=1S/C18H26FN2/c1-17(2,3)14-12-13(19)8-9-15(14)21-11-10-20(7)16(21)18(4,5)6/h8-12H,1-7H3/q+1. The monoisotopic (exact) mass is 289 g/mol. The van der Waals surface area contributed by atoms with Gasteiger partial charge >= 0.3 is 0 Å². The van der Waals surface area contributed by atoms with Crippen LogP contribution in [0.5, 0.6) is 0 Å². The molecule has 0 fully saturated rings. The highest BCUT2D eigenvalue weighted by atomic mass is 19.1. The molecule has 21 heavy (non-hydrogen) atoms. The third-order valence-corrected chi connectivity index (χ3v) is 3.70. The fourth-order valence-corrected chi connectivity index (χ4v) is 2.88. The van der Waals surface area contributed by atoms with E-state index < -0.39 is 0 Å². The first-order valence-corrected chi connectivity index (χ1v) is 7.39. The van der Waals surface area contributed by atoms with Crippen molar-refractivity contribution in [2.45, 2.75) is 52.4 Å². The maximum Gasteiger partial charge on any atom is 0.266 e. The smallest absolute Gasteiger partial charge is 0.236 e. The molecule has 3 heteroatoms. The molecular formula is C18H26FN2+. The van der Waals surface area contributed by atoms with Crippen molar-refractivity contribution in [3.63, 3.8) is 0 Å². The van der Waals surface area contributed by atoms with E-state index in [0.717, 1.165) is 11.3 Å². The molecule has 0 bridgehead atoms. The normalized spacial score (nSPS) is 12.8. The molecule has 1 heterocycles. The van der Waals surface area contributed by atoms with Gasteiger partial charge in [-0.2, -0.15) is 4.57 Å². The highest BCUT2D eigenvalue weighted by Gasteiger charge is 2.32. The Bertz CT molecular complexity index is 655. The minimum absolute atomic E-state index is 0.00178. The zero-order valence-electron chi connectivity index (χ0n) is 14.2. The lowest BCUT2D eigenvalue weighted by atomic mass is 9.85. The van der Waals surface area contributed by atoms with E-state index in [9.17, 15) is 4.39 Å². The van der Waals surface area contributed by atoms with Crippen molar-refractivity contribution in [2.75, 3.05) is 0 Å². The molecule has 0 saturated carbocycles. The molecule has 0 saturated heterocycles. The second-order valence-corrected chi connectivity index (χ2v) is 7.76. The third kappa shape index (κ3) is 3.02. The van der Waals surface area contributed by atoms with E-state index in [2.05, 4.69) is 70.1 Å². The molecule has 2 rings (SSSR count). The molecule has 0 amide bonds. The lowest BCUT2D eigenvalue weighted by Gasteiger charge is -2.23. The van der Waals surface area contributed by atoms with Gasteiger partial charge in [0, 0.05) is 5.56 Å². The van der Waals surface area contributed by atoms with Crippen LogP contribution in [0.1, 0.15) is 52.9 Å². The summed E-state index contributed by atoms with van der Waals surface area (Å²) in [5.41, 5.74) is 1.95. The van der Waals surface area contributed by atoms with Gasteiger partial charge in [0.05, 0.1) is 12.5 Å². The predicted molar refractivity (Wildman–Crippen MR) is 84.3 cm³/mol. The molecule has 0 aliphatic carbocycles. The molecule has 114 valence electrons. The Morgan fingerprint density at radius 2 is 1.62 bits per heavy atom.